The molecule has 7 heteroatoms. The van der Waals surface area contributed by atoms with Gasteiger partial charge in [-0.1, -0.05) is 0 Å². The van der Waals surface area contributed by atoms with Crippen molar-refractivity contribution in [2.24, 2.45) is 0 Å². The summed E-state index contributed by atoms with van der Waals surface area (Å²) in [5, 5.41) is 7.15. The van der Waals surface area contributed by atoms with Crippen LogP contribution in [0.3, 0.4) is 0 Å². The summed E-state index contributed by atoms with van der Waals surface area (Å²) in [5.74, 6) is 0. The van der Waals surface area contributed by atoms with E-state index in [0.29, 0.717) is 13.1 Å². The molecule has 0 saturated carbocycles. The molecule has 1 aromatic heterocycles. The van der Waals surface area contributed by atoms with E-state index in [9.17, 15) is 8.42 Å². The Morgan fingerprint density at radius 1 is 1.42 bits per heavy atom. The summed E-state index contributed by atoms with van der Waals surface area (Å²) in [4.78, 5) is 0. The minimum absolute atomic E-state index is 0.358. The third-order valence-corrected chi connectivity index (χ3v) is 1.93. The molecule has 0 aliphatic heterocycles. The molecule has 0 amide bonds. The fraction of sp³-hybridized carbons (Fsp3) is 0.600. The minimum Gasteiger partial charge on any atom is -0.319 e. The van der Waals surface area contributed by atoms with Crippen LogP contribution in [0.15, 0.2) is 12.7 Å². The molecule has 1 N–H and O–H groups in total. The monoisotopic (exact) mass is 190 g/mol. The molecule has 0 spiro atoms. The van der Waals surface area contributed by atoms with Gasteiger partial charge in [0.25, 0.3) is 0 Å². The summed E-state index contributed by atoms with van der Waals surface area (Å²) in [6, 6.07) is 0. The number of sulfonamides is 1. The van der Waals surface area contributed by atoms with Gasteiger partial charge in [0.05, 0.1) is 6.26 Å². The van der Waals surface area contributed by atoms with Crippen LogP contribution in [0.1, 0.15) is 0 Å². The number of hydrogen-bond acceptors (Lipinski definition) is 4. The second-order valence-electron chi connectivity index (χ2n) is 2.37. The molecule has 0 saturated heterocycles. The van der Waals surface area contributed by atoms with Crippen molar-refractivity contribution in [3.05, 3.63) is 12.7 Å². The highest BCUT2D eigenvalue weighted by Crippen LogP contribution is 1.81. The molecule has 0 atom stereocenters. The Kier molecular flexibility index (Phi) is 2.77. The Balaban J connectivity index is 2.29. The van der Waals surface area contributed by atoms with E-state index in [2.05, 4.69) is 14.9 Å². The van der Waals surface area contributed by atoms with Gasteiger partial charge >= 0.3 is 0 Å². The van der Waals surface area contributed by atoms with Gasteiger partial charge in [-0.3, -0.25) is 0 Å². The van der Waals surface area contributed by atoms with Crippen molar-refractivity contribution in [3.8, 4) is 0 Å². The van der Waals surface area contributed by atoms with E-state index in [1.807, 2.05) is 0 Å². The molecular weight excluding hydrogens is 180 g/mol. The summed E-state index contributed by atoms with van der Waals surface area (Å²) >= 11 is 0. The average Bonchev–Trinajstić information content (AvgIpc) is 2.36. The predicted octanol–water partition coefficient (Wildman–Crippen LogP) is -1.17. The highest BCUT2D eigenvalue weighted by molar-refractivity contribution is 7.88. The van der Waals surface area contributed by atoms with Crippen LogP contribution >= 0.6 is 0 Å². The molecule has 1 rings (SSSR count). The third-order valence-electron chi connectivity index (χ3n) is 1.20. The molecule has 0 radical (unpaired) electrons. The molecular formula is C5H10N4O2S. The van der Waals surface area contributed by atoms with Gasteiger partial charge in [-0.25, -0.2) is 13.1 Å². The van der Waals surface area contributed by atoms with Gasteiger partial charge in [-0.05, 0) is 0 Å². The van der Waals surface area contributed by atoms with Gasteiger partial charge < -0.3 is 4.57 Å². The zero-order chi connectivity index (χ0) is 9.03. The molecule has 0 fully saturated rings. The molecule has 0 aromatic carbocycles. The number of nitrogens with zero attached hydrogens (tertiary/aromatic N) is 3. The maximum absolute atomic E-state index is 10.6. The highest BCUT2D eigenvalue weighted by atomic mass is 32.2. The van der Waals surface area contributed by atoms with Crippen LogP contribution in [0, 0.1) is 0 Å². The molecule has 0 aliphatic carbocycles. The van der Waals surface area contributed by atoms with Crippen LogP contribution in [-0.2, 0) is 16.6 Å². The fourth-order valence-corrected chi connectivity index (χ4v) is 1.16. The lowest BCUT2D eigenvalue weighted by atomic mass is 10.6. The standard InChI is InChI=1S/C5H10N4O2S/c1-12(10,11)8-2-3-9-4-6-7-5-9/h4-5,8H,2-3H2,1H3. The van der Waals surface area contributed by atoms with Gasteiger partial charge in [0, 0.05) is 13.1 Å². The first-order chi connectivity index (χ1) is 5.58. The Labute approximate surface area is 70.7 Å². The Morgan fingerprint density at radius 2 is 2.00 bits per heavy atom. The van der Waals surface area contributed by atoms with E-state index in [1.54, 1.807) is 4.57 Å². The number of aromatic nitrogens is 3. The summed E-state index contributed by atoms with van der Waals surface area (Å²) < 4.78 is 25.3. The highest BCUT2D eigenvalue weighted by Gasteiger charge is 1.98. The third kappa shape index (κ3) is 3.44. The quantitative estimate of drug-likeness (QED) is 0.649. The normalized spacial score (nSPS) is 11.8. The zero-order valence-electron chi connectivity index (χ0n) is 6.64. The lowest BCUT2D eigenvalue weighted by Crippen LogP contribution is -2.25. The molecule has 68 valence electrons. The maximum atomic E-state index is 10.6. The van der Waals surface area contributed by atoms with E-state index >= 15 is 0 Å². The maximum Gasteiger partial charge on any atom is 0.208 e. The molecule has 6 nitrogen and oxygen atoms in total. The largest absolute Gasteiger partial charge is 0.319 e. The van der Waals surface area contributed by atoms with Crippen LogP contribution in [0.4, 0.5) is 0 Å². The van der Waals surface area contributed by atoms with Gasteiger partial charge in [0.15, 0.2) is 0 Å². The van der Waals surface area contributed by atoms with Gasteiger partial charge in [-0.15, -0.1) is 10.2 Å². The van der Waals surface area contributed by atoms with Crippen molar-refractivity contribution >= 4 is 10.0 Å². The van der Waals surface area contributed by atoms with Gasteiger partial charge in [-0.2, -0.15) is 0 Å². The summed E-state index contributed by atoms with van der Waals surface area (Å²) in [7, 11) is -3.08. The van der Waals surface area contributed by atoms with Crippen molar-refractivity contribution in [3.63, 3.8) is 0 Å². The second-order valence-corrected chi connectivity index (χ2v) is 4.20. The van der Waals surface area contributed by atoms with Crippen LogP contribution < -0.4 is 4.72 Å². The Hall–Kier alpha value is -0.950. The van der Waals surface area contributed by atoms with Crippen molar-refractivity contribution in [2.75, 3.05) is 12.8 Å². The fourth-order valence-electron chi connectivity index (χ4n) is 0.698. The summed E-state index contributed by atoms with van der Waals surface area (Å²) in [6.07, 6.45) is 4.19. The molecule has 0 bridgehead atoms. The number of hydrogen-bond donors (Lipinski definition) is 1. The van der Waals surface area contributed by atoms with Crippen molar-refractivity contribution in [1.82, 2.24) is 19.5 Å². The van der Waals surface area contributed by atoms with Crippen LogP contribution in [-0.4, -0.2) is 36.0 Å². The SMILES string of the molecule is CS(=O)(=O)NCCn1cnnc1. The van der Waals surface area contributed by atoms with E-state index in [1.165, 1.54) is 12.7 Å². The topological polar surface area (TPSA) is 76.9 Å². The molecule has 1 aromatic rings. The molecule has 12 heavy (non-hydrogen) atoms. The summed E-state index contributed by atoms with van der Waals surface area (Å²) in [6.45, 7) is 0.900. The van der Waals surface area contributed by atoms with E-state index < -0.39 is 10.0 Å². The lowest BCUT2D eigenvalue weighted by Gasteiger charge is -2.01. The van der Waals surface area contributed by atoms with Gasteiger partial charge in [0.2, 0.25) is 10.0 Å². The first-order valence-electron chi connectivity index (χ1n) is 3.35. The van der Waals surface area contributed by atoms with Crippen LogP contribution in [0.5, 0.6) is 0 Å². The van der Waals surface area contributed by atoms with E-state index in [-0.39, 0.29) is 0 Å². The zero-order valence-corrected chi connectivity index (χ0v) is 7.45. The van der Waals surface area contributed by atoms with Crippen molar-refractivity contribution in [1.29, 1.82) is 0 Å². The van der Waals surface area contributed by atoms with E-state index in [4.69, 9.17) is 0 Å². The number of nitrogens with one attached hydrogen (secondary N) is 1. The lowest BCUT2D eigenvalue weighted by molar-refractivity contribution is 0.578. The minimum atomic E-state index is -3.08. The van der Waals surface area contributed by atoms with Crippen molar-refractivity contribution in [2.45, 2.75) is 6.54 Å². The second kappa shape index (κ2) is 3.63. The molecule has 0 aliphatic rings. The number of rotatable bonds is 4. The summed E-state index contributed by atoms with van der Waals surface area (Å²) in [5.41, 5.74) is 0. The first-order valence-corrected chi connectivity index (χ1v) is 5.24. The smallest absolute Gasteiger partial charge is 0.208 e. The average molecular weight is 190 g/mol. The Morgan fingerprint density at radius 3 is 2.50 bits per heavy atom. The van der Waals surface area contributed by atoms with E-state index in [0.717, 1.165) is 6.26 Å². The predicted molar refractivity (Wildman–Crippen MR) is 42.9 cm³/mol. The van der Waals surface area contributed by atoms with Crippen molar-refractivity contribution < 1.29 is 8.42 Å². The van der Waals surface area contributed by atoms with Crippen LogP contribution in [0.2, 0.25) is 0 Å². The van der Waals surface area contributed by atoms with Gasteiger partial charge in [0.1, 0.15) is 12.7 Å². The Bertz CT molecular complexity index is 317. The molecule has 1 heterocycles. The van der Waals surface area contributed by atoms with Crippen LogP contribution in [0.25, 0.3) is 0 Å². The molecule has 0 unspecified atom stereocenters. The first kappa shape index (κ1) is 9.14.